The summed E-state index contributed by atoms with van der Waals surface area (Å²) in [4.78, 5) is 38.2. The van der Waals surface area contributed by atoms with Gasteiger partial charge in [-0.05, 0) is 37.3 Å². The van der Waals surface area contributed by atoms with Gasteiger partial charge in [0.25, 0.3) is 0 Å². The second-order valence-electron chi connectivity index (χ2n) is 8.60. The van der Waals surface area contributed by atoms with Crippen LogP contribution in [-0.4, -0.2) is 49.3 Å². The number of nitrogens with one attached hydrogen (secondary N) is 1. The fraction of sp³-hybridized carbons (Fsp3) is 0.609. The molecule has 1 saturated carbocycles. The van der Waals surface area contributed by atoms with Gasteiger partial charge in [0.2, 0.25) is 18.2 Å². The first-order chi connectivity index (χ1) is 14.9. The second kappa shape index (κ2) is 10.7. The molecule has 1 aliphatic heterocycles. The highest BCUT2D eigenvalue weighted by molar-refractivity contribution is 5.85. The summed E-state index contributed by atoms with van der Waals surface area (Å²) in [6.45, 7) is 3.85. The fourth-order valence-electron chi connectivity index (χ4n) is 4.65. The number of amides is 3. The third-order valence-corrected chi connectivity index (χ3v) is 6.49. The summed E-state index contributed by atoms with van der Waals surface area (Å²) in [6.07, 6.45) is 5.90. The lowest BCUT2D eigenvalue weighted by Gasteiger charge is -2.38. The van der Waals surface area contributed by atoms with Crippen molar-refractivity contribution in [3.8, 4) is 0 Å². The molecule has 1 aromatic carbocycles. The molecule has 8 heteroatoms. The molecular weight excluding hydrogens is 404 g/mol. The summed E-state index contributed by atoms with van der Waals surface area (Å²) < 4.78 is 29.5. The standard InChI is InChI=1S/C23H31F2N3O3/c1-16(7-8-21(30)26-15-29)22-19(24)13-18(14-20(22)25)27-9-11-28(12-10-27)23(31)17-5-3-2-4-6-17/h13-17H,2-12H2,1H3,(H,26,29,30). The largest absolute Gasteiger partial charge is 0.368 e. The Morgan fingerprint density at radius 3 is 2.29 bits per heavy atom. The minimum absolute atomic E-state index is 0.0114. The van der Waals surface area contributed by atoms with Crippen molar-refractivity contribution >= 4 is 23.9 Å². The molecule has 1 unspecified atom stereocenters. The van der Waals surface area contributed by atoms with E-state index in [4.69, 9.17) is 0 Å². The summed E-state index contributed by atoms with van der Waals surface area (Å²) in [5.74, 6) is -1.90. The number of anilines is 1. The molecule has 1 heterocycles. The number of rotatable bonds is 7. The van der Waals surface area contributed by atoms with E-state index in [9.17, 15) is 23.2 Å². The number of imide groups is 1. The predicted molar refractivity (Wildman–Crippen MR) is 114 cm³/mol. The maximum absolute atomic E-state index is 14.7. The third kappa shape index (κ3) is 5.80. The van der Waals surface area contributed by atoms with Crippen LogP contribution in [0.3, 0.4) is 0 Å². The normalized spacial score (nSPS) is 18.5. The van der Waals surface area contributed by atoms with E-state index < -0.39 is 23.5 Å². The third-order valence-electron chi connectivity index (χ3n) is 6.49. The Bertz CT molecular complexity index is 780. The molecule has 1 aromatic rings. The van der Waals surface area contributed by atoms with Crippen LogP contribution in [0.5, 0.6) is 0 Å². The van der Waals surface area contributed by atoms with E-state index >= 15 is 0 Å². The summed E-state index contributed by atoms with van der Waals surface area (Å²) in [7, 11) is 0. The zero-order valence-electron chi connectivity index (χ0n) is 18.0. The second-order valence-corrected chi connectivity index (χ2v) is 8.60. The molecule has 2 aliphatic rings. The molecule has 1 aliphatic carbocycles. The monoisotopic (exact) mass is 435 g/mol. The molecule has 1 atom stereocenters. The van der Waals surface area contributed by atoms with Crippen LogP contribution in [0.2, 0.25) is 0 Å². The average molecular weight is 436 g/mol. The van der Waals surface area contributed by atoms with Crippen LogP contribution in [0.15, 0.2) is 12.1 Å². The van der Waals surface area contributed by atoms with Crippen molar-refractivity contribution in [1.82, 2.24) is 10.2 Å². The summed E-state index contributed by atoms with van der Waals surface area (Å²) in [5, 5.41) is 2.02. The SMILES string of the molecule is CC(CCC(=O)NC=O)c1c(F)cc(N2CCN(C(=O)C3CCCCC3)CC2)cc1F. The molecule has 2 fully saturated rings. The number of nitrogens with zero attached hydrogens (tertiary/aromatic N) is 2. The molecule has 1 N–H and O–H groups in total. The van der Waals surface area contributed by atoms with Gasteiger partial charge in [-0.2, -0.15) is 0 Å². The van der Waals surface area contributed by atoms with Crippen LogP contribution < -0.4 is 10.2 Å². The lowest BCUT2D eigenvalue weighted by Crippen LogP contribution is -2.50. The Morgan fingerprint density at radius 2 is 1.71 bits per heavy atom. The Hall–Kier alpha value is -2.51. The zero-order chi connectivity index (χ0) is 22.4. The van der Waals surface area contributed by atoms with E-state index in [0.717, 1.165) is 25.7 Å². The molecule has 0 radical (unpaired) electrons. The van der Waals surface area contributed by atoms with E-state index in [-0.39, 0.29) is 30.2 Å². The van der Waals surface area contributed by atoms with E-state index in [2.05, 4.69) is 0 Å². The summed E-state index contributed by atoms with van der Waals surface area (Å²) >= 11 is 0. The molecule has 0 aromatic heterocycles. The summed E-state index contributed by atoms with van der Waals surface area (Å²) in [5.41, 5.74) is 0.420. The molecule has 3 amide bonds. The van der Waals surface area contributed by atoms with Gasteiger partial charge in [-0.15, -0.1) is 0 Å². The van der Waals surface area contributed by atoms with Crippen molar-refractivity contribution in [2.45, 2.75) is 57.8 Å². The number of piperazine rings is 1. The first kappa shape index (κ1) is 23.2. The number of halogens is 2. The number of carbonyl (C=O) groups excluding carboxylic acids is 3. The Labute approximate surface area is 182 Å². The molecule has 31 heavy (non-hydrogen) atoms. The molecule has 1 saturated heterocycles. The molecule has 6 nitrogen and oxygen atoms in total. The van der Waals surface area contributed by atoms with Crippen LogP contribution in [0.1, 0.15) is 63.4 Å². The van der Waals surface area contributed by atoms with Crippen molar-refractivity contribution in [1.29, 1.82) is 0 Å². The lowest BCUT2D eigenvalue weighted by atomic mass is 9.88. The van der Waals surface area contributed by atoms with Gasteiger partial charge in [0.1, 0.15) is 11.6 Å². The van der Waals surface area contributed by atoms with Crippen molar-refractivity contribution in [2.24, 2.45) is 5.92 Å². The highest BCUT2D eigenvalue weighted by atomic mass is 19.1. The molecular formula is C23H31F2N3O3. The van der Waals surface area contributed by atoms with E-state index in [1.165, 1.54) is 18.6 Å². The van der Waals surface area contributed by atoms with Gasteiger partial charge in [0.15, 0.2) is 0 Å². The minimum Gasteiger partial charge on any atom is -0.368 e. The van der Waals surface area contributed by atoms with Crippen LogP contribution in [-0.2, 0) is 14.4 Å². The highest BCUT2D eigenvalue weighted by Gasteiger charge is 2.29. The van der Waals surface area contributed by atoms with Gasteiger partial charge in [-0.3, -0.25) is 19.7 Å². The first-order valence-corrected chi connectivity index (χ1v) is 11.2. The Kier molecular flexibility index (Phi) is 7.98. The number of carbonyl (C=O) groups is 3. The maximum Gasteiger partial charge on any atom is 0.226 e. The van der Waals surface area contributed by atoms with Gasteiger partial charge >= 0.3 is 0 Å². The van der Waals surface area contributed by atoms with Gasteiger partial charge in [0, 0.05) is 49.8 Å². The topological polar surface area (TPSA) is 69.7 Å². The van der Waals surface area contributed by atoms with Gasteiger partial charge in [-0.1, -0.05) is 26.2 Å². The Morgan fingerprint density at radius 1 is 1.10 bits per heavy atom. The van der Waals surface area contributed by atoms with Gasteiger partial charge < -0.3 is 9.80 Å². The smallest absolute Gasteiger partial charge is 0.226 e. The summed E-state index contributed by atoms with van der Waals surface area (Å²) in [6, 6.07) is 2.66. The van der Waals surface area contributed by atoms with Crippen molar-refractivity contribution < 1.29 is 23.2 Å². The number of hydrogen-bond donors (Lipinski definition) is 1. The first-order valence-electron chi connectivity index (χ1n) is 11.2. The van der Waals surface area contributed by atoms with Crippen LogP contribution in [0, 0.1) is 17.6 Å². The zero-order valence-corrected chi connectivity index (χ0v) is 18.0. The van der Waals surface area contributed by atoms with Crippen LogP contribution >= 0.6 is 0 Å². The highest BCUT2D eigenvalue weighted by Crippen LogP contribution is 2.31. The molecule has 0 spiro atoms. The van der Waals surface area contributed by atoms with Crippen LogP contribution in [0.4, 0.5) is 14.5 Å². The van der Waals surface area contributed by atoms with Crippen molar-refractivity contribution in [3.63, 3.8) is 0 Å². The average Bonchev–Trinajstić information content (AvgIpc) is 2.77. The maximum atomic E-state index is 14.7. The quantitative estimate of drug-likeness (QED) is 0.667. The predicted octanol–water partition coefficient (Wildman–Crippen LogP) is 3.35. The number of hydrogen-bond acceptors (Lipinski definition) is 4. The fourth-order valence-corrected chi connectivity index (χ4v) is 4.65. The van der Waals surface area contributed by atoms with Crippen molar-refractivity contribution in [3.05, 3.63) is 29.3 Å². The lowest BCUT2D eigenvalue weighted by molar-refractivity contribution is -0.136. The minimum atomic E-state index is -0.640. The number of benzene rings is 1. The molecule has 170 valence electrons. The van der Waals surface area contributed by atoms with Crippen LogP contribution in [0.25, 0.3) is 0 Å². The van der Waals surface area contributed by atoms with E-state index in [0.29, 0.717) is 38.3 Å². The van der Waals surface area contributed by atoms with Crippen molar-refractivity contribution in [2.75, 3.05) is 31.1 Å². The van der Waals surface area contributed by atoms with Gasteiger partial charge in [-0.25, -0.2) is 8.78 Å². The van der Waals surface area contributed by atoms with E-state index in [1.54, 1.807) is 6.92 Å². The Balaban J connectivity index is 1.59. The van der Waals surface area contributed by atoms with Gasteiger partial charge in [0.05, 0.1) is 0 Å². The molecule has 0 bridgehead atoms. The van der Waals surface area contributed by atoms with E-state index in [1.807, 2.05) is 15.1 Å². The molecule has 3 rings (SSSR count).